The zero-order chi connectivity index (χ0) is 13.6. The van der Waals surface area contributed by atoms with Crippen molar-refractivity contribution >= 4 is 27.5 Å². The molecule has 1 amide bonds. The van der Waals surface area contributed by atoms with E-state index in [2.05, 4.69) is 15.9 Å². The lowest BCUT2D eigenvalue weighted by Crippen LogP contribution is -2.47. The Morgan fingerprint density at radius 2 is 2.00 bits per heavy atom. The highest BCUT2D eigenvalue weighted by molar-refractivity contribution is 9.10. The number of nitrogen functional groups attached to an aromatic ring is 1. The molecule has 0 saturated heterocycles. The lowest BCUT2D eigenvalue weighted by atomic mass is 10.1. The molecule has 0 heterocycles. The molecule has 2 rings (SSSR count). The fraction of sp³-hybridized carbons (Fsp3) is 0.364. The number of hydrogen-bond donors (Lipinski definition) is 2. The van der Waals surface area contributed by atoms with Crippen molar-refractivity contribution in [1.29, 1.82) is 0 Å². The number of nitrogens with one attached hydrogen (secondary N) is 1. The van der Waals surface area contributed by atoms with Gasteiger partial charge in [0.25, 0.3) is 5.91 Å². The summed E-state index contributed by atoms with van der Waals surface area (Å²) >= 11 is 3.11. The summed E-state index contributed by atoms with van der Waals surface area (Å²) in [6, 6.07) is 4.42. The molecule has 0 spiro atoms. The third-order valence-electron chi connectivity index (χ3n) is 2.88. The SMILES string of the molecule is Nc1ccc(Br)c(C(=O)NC2(C(F)(F)F)CC2)c1. The monoisotopic (exact) mass is 322 g/mol. The summed E-state index contributed by atoms with van der Waals surface area (Å²) in [5, 5.41) is 2.04. The number of halogens is 4. The minimum absolute atomic E-state index is 0.0812. The Hall–Kier alpha value is -1.24. The molecule has 1 aromatic carbocycles. The number of nitrogens with two attached hydrogens (primary N) is 1. The van der Waals surface area contributed by atoms with Gasteiger partial charge in [-0.2, -0.15) is 13.2 Å². The van der Waals surface area contributed by atoms with Gasteiger partial charge < -0.3 is 11.1 Å². The number of carbonyl (C=O) groups is 1. The first kappa shape index (κ1) is 13.2. The Bertz CT molecular complexity index is 498. The quantitative estimate of drug-likeness (QED) is 0.823. The molecule has 0 atom stereocenters. The maximum absolute atomic E-state index is 12.7. The first-order valence-electron chi connectivity index (χ1n) is 5.19. The van der Waals surface area contributed by atoms with Gasteiger partial charge in [-0.25, -0.2) is 0 Å². The van der Waals surface area contributed by atoms with E-state index in [1.165, 1.54) is 12.1 Å². The summed E-state index contributed by atoms with van der Waals surface area (Å²) in [5.74, 6) is -0.774. The molecule has 18 heavy (non-hydrogen) atoms. The van der Waals surface area contributed by atoms with Gasteiger partial charge in [-0.3, -0.25) is 4.79 Å². The lowest BCUT2D eigenvalue weighted by molar-refractivity contribution is -0.163. The van der Waals surface area contributed by atoms with Gasteiger partial charge in [-0.1, -0.05) is 0 Å². The van der Waals surface area contributed by atoms with Gasteiger partial charge in [0.15, 0.2) is 0 Å². The smallest absolute Gasteiger partial charge is 0.399 e. The van der Waals surface area contributed by atoms with Crippen LogP contribution in [0.5, 0.6) is 0 Å². The van der Waals surface area contributed by atoms with Gasteiger partial charge in [0.2, 0.25) is 0 Å². The molecular formula is C11H10BrF3N2O. The lowest BCUT2D eigenvalue weighted by Gasteiger charge is -2.21. The Morgan fingerprint density at radius 1 is 1.39 bits per heavy atom. The van der Waals surface area contributed by atoms with Gasteiger partial charge in [0.1, 0.15) is 5.54 Å². The first-order valence-corrected chi connectivity index (χ1v) is 5.99. The number of hydrogen-bond acceptors (Lipinski definition) is 2. The van der Waals surface area contributed by atoms with Crippen molar-refractivity contribution in [3.63, 3.8) is 0 Å². The summed E-state index contributed by atoms with van der Waals surface area (Å²) in [6.45, 7) is 0. The predicted octanol–water partition coefficient (Wildman–Crippen LogP) is 2.86. The van der Waals surface area contributed by atoms with Crippen LogP contribution in [0.2, 0.25) is 0 Å². The summed E-state index contributed by atoms with van der Waals surface area (Å²) in [6.07, 6.45) is -4.58. The van der Waals surface area contributed by atoms with Crippen LogP contribution in [-0.2, 0) is 0 Å². The average Bonchev–Trinajstić information content (AvgIpc) is 3.01. The van der Waals surface area contributed by atoms with Gasteiger partial charge >= 0.3 is 6.18 Å². The van der Waals surface area contributed by atoms with E-state index in [0.717, 1.165) is 0 Å². The van der Waals surface area contributed by atoms with E-state index < -0.39 is 17.6 Å². The molecule has 1 aromatic rings. The molecule has 98 valence electrons. The number of amides is 1. The Morgan fingerprint density at radius 3 is 2.50 bits per heavy atom. The van der Waals surface area contributed by atoms with Crippen LogP contribution in [0.3, 0.4) is 0 Å². The second kappa shape index (κ2) is 4.15. The van der Waals surface area contributed by atoms with Crippen LogP contribution in [0.15, 0.2) is 22.7 Å². The molecule has 0 aromatic heterocycles. The largest absolute Gasteiger partial charge is 0.411 e. The van der Waals surface area contributed by atoms with E-state index in [4.69, 9.17) is 5.73 Å². The molecule has 0 unspecified atom stereocenters. The molecule has 7 heteroatoms. The Labute approximate surface area is 110 Å². The fourth-order valence-corrected chi connectivity index (χ4v) is 2.03. The first-order chi connectivity index (χ1) is 8.25. The van der Waals surface area contributed by atoms with E-state index in [-0.39, 0.29) is 18.4 Å². The third kappa shape index (κ3) is 2.31. The van der Waals surface area contributed by atoms with Gasteiger partial charge in [-0.05, 0) is 47.0 Å². The molecule has 3 N–H and O–H groups in total. The topological polar surface area (TPSA) is 55.1 Å². The molecule has 1 aliphatic carbocycles. The highest BCUT2D eigenvalue weighted by Gasteiger charge is 2.64. The maximum Gasteiger partial charge on any atom is 0.411 e. The van der Waals surface area contributed by atoms with Crippen LogP contribution in [0, 0.1) is 0 Å². The van der Waals surface area contributed by atoms with Crippen molar-refractivity contribution in [2.75, 3.05) is 5.73 Å². The van der Waals surface area contributed by atoms with E-state index in [9.17, 15) is 18.0 Å². The predicted molar refractivity (Wildman–Crippen MR) is 64.0 cm³/mol. The summed E-state index contributed by atoms with van der Waals surface area (Å²) in [4.78, 5) is 11.8. The van der Waals surface area contributed by atoms with Crippen molar-refractivity contribution in [3.05, 3.63) is 28.2 Å². The minimum atomic E-state index is -4.42. The molecule has 1 saturated carbocycles. The Kier molecular flexibility index (Phi) is 3.04. The van der Waals surface area contributed by atoms with Gasteiger partial charge in [0, 0.05) is 10.2 Å². The minimum Gasteiger partial charge on any atom is -0.399 e. The maximum atomic E-state index is 12.7. The van der Waals surface area contributed by atoms with E-state index in [1.54, 1.807) is 6.07 Å². The number of alkyl halides is 3. The van der Waals surface area contributed by atoms with Gasteiger partial charge in [-0.15, -0.1) is 0 Å². The Balaban J connectivity index is 2.21. The highest BCUT2D eigenvalue weighted by atomic mass is 79.9. The van der Waals surface area contributed by atoms with Crippen LogP contribution < -0.4 is 11.1 Å². The van der Waals surface area contributed by atoms with Crippen LogP contribution >= 0.6 is 15.9 Å². The summed E-state index contributed by atoms with van der Waals surface area (Å²) < 4.78 is 38.5. The molecule has 1 fully saturated rings. The zero-order valence-corrected chi connectivity index (χ0v) is 10.7. The normalized spacial score (nSPS) is 17.3. The van der Waals surface area contributed by atoms with Crippen LogP contribution in [0.1, 0.15) is 23.2 Å². The fourth-order valence-electron chi connectivity index (χ4n) is 1.61. The molecule has 1 aliphatic rings. The molecule has 0 radical (unpaired) electrons. The summed E-state index contributed by atoms with van der Waals surface area (Å²) in [5.41, 5.74) is 3.87. The average molecular weight is 323 g/mol. The second-order valence-electron chi connectivity index (χ2n) is 4.27. The van der Waals surface area contributed by atoms with Crippen LogP contribution in [0.4, 0.5) is 18.9 Å². The van der Waals surface area contributed by atoms with Gasteiger partial charge in [0.05, 0.1) is 5.56 Å². The highest BCUT2D eigenvalue weighted by Crippen LogP contribution is 2.49. The van der Waals surface area contributed by atoms with E-state index in [1.807, 2.05) is 5.32 Å². The van der Waals surface area contributed by atoms with Crippen molar-refractivity contribution in [1.82, 2.24) is 5.32 Å². The number of carbonyl (C=O) groups excluding carboxylic acids is 1. The molecule has 0 aliphatic heterocycles. The van der Waals surface area contributed by atoms with Crippen LogP contribution in [0.25, 0.3) is 0 Å². The summed E-state index contributed by atoms with van der Waals surface area (Å²) in [7, 11) is 0. The van der Waals surface area contributed by atoms with Crippen molar-refractivity contribution in [2.45, 2.75) is 24.6 Å². The van der Waals surface area contributed by atoms with E-state index >= 15 is 0 Å². The number of anilines is 1. The third-order valence-corrected chi connectivity index (χ3v) is 3.57. The zero-order valence-electron chi connectivity index (χ0n) is 9.14. The number of benzene rings is 1. The second-order valence-corrected chi connectivity index (χ2v) is 5.13. The molecule has 3 nitrogen and oxygen atoms in total. The number of rotatable bonds is 2. The van der Waals surface area contributed by atoms with Crippen molar-refractivity contribution < 1.29 is 18.0 Å². The standard InChI is InChI=1S/C11H10BrF3N2O/c12-8-2-1-6(16)5-7(8)9(18)17-10(3-4-10)11(13,14)15/h1-2,5H,3-4,16H2,(H,17,18). The molecule has 0 bridgehead atoms. The van der Waals surface area contributed by atoms with E-state index in [0.29, 0.717) is 10.2 Å². The van der Waals surface area contributed by atoms with Crippen molar-refractivity contribution in [3.8, 4) is 0 Å². The van der Waals surface area contributed by atoms with Crippen LogP contribution in [-0.4, -0.2) is 17.6 Å². The van der Waals surface area contributed by atoms with Crippen molar-refractivity contribution in [2.24, 2.45) is 0 Å². The molecular weight excluding hydrogens is 313 g/mol.